The lowest BCUT2D eigenvalue weighted by atomic mass is 10.1. The van der Waals surface area contributed by atoms with Crippen LogP contribution in [0.1, 0.15) is 12.8 Å². The van der Waals surface area contributed by atoms with E-state index in [-0.39, 0.29) is 6.04 Å². The topological polar surface area (TPSA) is 67.2 Å². The van der Waals surface area contributed by atoms with Crippen LogP contribution in [0, 0.1) is 0 Å². The van der Waals surface area contributed by atoms with Gasteiger partial charge in [-0.2, -0.15) is 0 Å². The van der Waals surface area contributed by atoms with E-state index in [0.29, 0.717) is 6.54 Å². The highest BCUT2D eigenvalue weighted by Gasteiger charge is 2.25. The molecular weight excluding hydrogens is 288 g/mol. The summed E-state index contributed by atoms with van der Waals surface area (Å²) in [6.07, 6.45) is 3.03. The molecule has 0 saturated carbocycles. The maximum atomic E-state index is 11.4. The maximum absolute atomic E-state index is 11.4. The third-order valence-electron chi connectivity index (χ3n) is 3.85. The first-order chi connectivity index (χ1) is 9.94. The number of fused-ring (bicyclic) bond motifs is 1. The number of piperidine rings is 1. The van der Waals surface area contributed by atoms with Crippen molar-refractivity contribution >= 4 is 27.0 Å². The molecule has 0 unspecified atom stereocenters. The zero-order valence-electron chi connectivity index (χ0n) is 12.3. The van der Waals surface area contributed by atoms with E-state index < -0.39 is 10.0 Å². The van der Waals surface area contributed by atoms with Gasteiger partial charge in [0, 0.05) is 26.2 Å². The van der Waals surface area contributed by atoms with Crippen molar-refractivity contribution < 1.29 is 8.42 Å². The Morgan fingerprint density at radius 1 is 1.33 bits per heavy atom. The van der Waals surface area contributed by atoms with Crippen molar-refractivity contribution in [3.63, 3.8) is 0 Å². The Hall–Kier alpha value is -1.60. The Morgan fingerprint density at radius 2 is 2.10 bits per heavy atom. The number of sulfonamides is 1. The number of hydrogen-bond acceptors (Lipinski definition) is 4. The SMILES string of the molecule is Cn1c(N2CCC[C@@H](NS(C)(=O)=O)C2)nc2ccccc21. The molecule has 6 nitrogen and oxygen atoms in total. The molecule has 1 aromatic heterocycles. The van der Waals surface area contributed by atoms with E-state index >= 15 is 0 Å². The van der Waals surface area contributed by atoms with Crippen LogP contribution in [-0.4, -0.2) is 43.4 Å². The van der Waals surface area contributed by atoms with Gasteiger partial charge in [-0.05, 0) is 25.0 Å². The van der Waals surface area contributed by atoms with Crippen molar-refractivity contribution in [1.29, 1.82) is 0 Å². The van der Waals surface area contributed by atoms with Crippen LogP contribution in [0.15, 0.2) is 24.3 Å². The number of benzene rings is 1. The van der Waals surface area contributed by atoms with Gasteiger partial charge in [-0.3, -0.25) is 0 Å². The summed E-state index contributed by atoms with van der Waals surface area (Å²) >= 11 is 0. The number of aromatic nitrogens is 2. The predicted octanol–water partition coefficient (Wildman–Crippen LogP) is 1.09. The van der Waals surface area contributed by atoms with Gasteiger partial charge >= 0.3 is 0 Å². The van der Waals surface area contributed by atoms with Crippen LogP contribution < -0.4 is 9.62 Å². The predicted molar refractivity (Wildman–Crippen MR) is 83.9 cm³/mol. The second-order valence-corrected chi connectivity index (χ2v) is 7.41. The Labute approximate surface area is 124 Å². The Kier molecular flexibility index (Phi) is 3.62. The molecule has 0 aliphatic carbocycles. The number of imidazole rings is 1. The number of anilines is 1. The average Bonchev–Trinajstić information content (AvgIpc) is 2.75. The van der Waals surface area contributed by atoms with Gasteiger partial charge < -0.3 is 9.47 Å². The van der Waals surface area contributed by atoms with Crippen LogP contribution in [0.5, 0.6) is 0 Å². The van der Waals surface area contributed by atoms with Gasteiger partial charge in [-0.25, -0.2) is 18.1 Å². The molecule has 2 heterocycles. The lowest BCUT2D eigenvalue weighted by Gasteiger charge is -2.33. The number of hydrogen-bond donors (Lipinski definition) is 1. The molecule has 1 aliphatic rings. The van der Waals surface area contributed by atoms with Crippen molar-refractivity contribution in [3.05, 3.63) is 24.3 Å². The number of rotatable bonds is 3. The summed E-state index contributed by atoms with van der Waals surface area (Å²) in [6, 6.07) is 7.96. The van der Waals surface area contributed by atoms with Crippen LogP contribution in [-0.2, 0) is 17.1 Å². The zero-order chi connectivity index (χ0) is 15.0. The molecule has 1 aliphatic heterocycles. The lowest BCUT2D eigenvalue weighted by Crippen LogP contribution is -2.48. The minimum atomic E-state index is -3.17. The van der Waals surface area contributed by atoms with Gasteiger partial charge in [0.25, 0.3) is 0 Å². The highest BCUT2D eigenvalue weighted by molar-refractivity contribution is 7.88. The molecule has 1 atom stereocenters. The fourth-order valence-electron chi connectivity index (χ4n) is 2.97. The quantitative estimate of drug-likeness (QED) is 0.922. The third-order valence-corrected chi connectivity index (χ3v) is 4.61. The van der Waals surface area contributed by atoms with Crippen LogP contribution in [0.2, 0.25) is 0 Å². The molecule has 1 saturated heterocycles. The van der Waals surface area contributed by atoms with Crippen LogP contribution in [0.3, 0.4) is 0 Å². The molecule has 0 amide bonds. The van der Waals surface area contributed by atoms with Gasteiger partial charge in [0.05, 0.1) is 17.3 Å². The summed E-state index contributed by atoms with van der Waals surface area (Å²) in [4.78, 5) is 6.84. The van der Waals surface area contributed by atoms with E-state index in [1.165, 1.54) is 6.26 Å². The Balaban J connectivity index is 1.86. The zero-order valence-corrected chi connectivity index (χ0v) is 13.1. The van der Waals surface area contributed by atoms with E-state index in [4.69, 9.17) is 0 Å². The van der Waals surface area contributed by atoms with Crippen molar-refractivity contribution in [1.82, 2.24) is 14.3 Å². The second-order valence-electron chi connectivity index (χ2n) is 5.63. The molecule has 7 heteroatoms. The van der Waals surface area contributed by atoms with Crippen molar-refractivity contribution in [2.75, 3.05) is 24.2 Å². The molecule has 1 N–H and O–H groups in total. The van der Waals surface area contributed by atoms with Crippen molar-refractivity contribution in [3.8, 4) is 0 Å². The van der Waals surface area contributed by atoms with Gasteiger partial charge in [0.15, 0.2) is 0 Å². The fourth-order valence-corrected chi connectivity index (χ4v) is 3.77. The smallest absolute Gasteiger partial charge is 0.209 e. The molecule has 0 radical (unpaired) electrons. The molecule has 0 spiro atoms. The van der Waals surface area contributed by atoms with Gasteiger partial charge in [0.1, 0.15) is 0 Å². The fraction of sp³-hybridized carbons (Fsp3) is 0.500. The molecule has 21 heavy (non-hydrogen) atoms. The Morgan fingerprint density at radius 3 is 2.81 bits per heavy atom. The largest absolute Gasteiger partial charge is 0.341 e. The normalized spacial score (nSPS) is 20.1. The molecule has 1 aromatic carbocycles. The molecule has 3 rings (SSSR count). The highest BCUT2D eigenvalue weighted by atomic mass is 32.2. The first-order valence-electron chi connectivity index (χ1n) is 7.08. The summed E-state index contributed by atoms with van der Waals surface area (Å²) in [7, 11) is -1.17. The first-order valence-corrected chi connectivity index (χ1v) is 8.97. The lowest BCUT2D eigenvalue weighted by molar-refractivity contribution is 0.461. The van der Waals surface area contributed by atoms with Gasteiger partial charge in [0.2, 0.25) is 16.0 Å². The summed E-state index contributed by atoms with van der Waals surface area (Å²) in [5.41, 5.74) is 2.05. The second kappa shape index (κ2) is 5.31. The molecule has 2 aromatic rings. The number of nitrogens with one attached hydrogen (secondary N) is 1. The van der Waals surface area contributed by atoms with E-state index in [1.807, 2.05) is 31.3 Å². The minimum Gasteiger partial charge on any atom is -0.341 e. The van der Waals surface area contributed by atoms with Gasteiger partial charge in [-0.1, -0.05) is 12.1 Å². The third kappa shape index (κ3) is 3.03. The van der Waals surface area contributed by atoms with E-state index in [9.17, 15) is 8.42 Å². The summed E-state index contributed by atoms with van der Waals surface area (Å²) in [5.74, 6) is 0.899. The summed E-state index contributed by atoms with van der Waals surface area (Å²) in [6.45, 7) is 1.56. The molecular formula is C14H20N4O2S. The molecule has 114 valence electrons. The highest BCUT2D eigenvalue weighted by Crippen LogP contribution is 2.23. The minimum absolute atomic E-state index is 0.0476. The number of para-hydroxylation sites is 2. The van der Waals surface area contributed by atoms with E-state index in [1.54, 1.807) is 0 Å². The van der Waals surface area contributed by atoms with E-state index in [0.717, 1.165) is 36.4 Å². The number of nitrogens with zero attached hydrogens (tertiary/aromatic N) is 3. The maximum Gasteiger partial charge on any atom is 0.209 e. The van der Waals surface area contributed by atoms with Crippen molar-refractivity contribution in [2.45, 2.75) is 18.9 Å². The Bertz CT molecular complexity index is 753. The van der Waals surface area contributed by atoms with Crippen LogP contribution >= 0.6 is 0 Å². The van der Waals surface area contributed by atoms with Crippen LogP contribution in [0.25, 0.3) is 11.0 Å². The monoisotopic (exact) mass is 308 g/mol. The van der Waals surface area contributed by atoms with Gasteiger partial charge in [-0.15, -0.1) is 0 Å². The average molecular weight is 308 g/mol. The van der Waals surface area contributed by atoms with Crippen LogP contribution in [0.4, 0.5) is 5.95 Å². The standard InChI is InChI=1S/C14H20N4O2S/c1-17-13-8-4-3-7-12(13)15-14(17)18-9-5-6-11(10-18)16-21(2,19)20/h3-4,7-8,11,16H,5-6,9-10H2,1-2H3/t11-/m1/s1. The number of aryl methyl sites for hydroxylation is 1. The summed E-state index contributed by atoms with van der Waals surface area (Å²) in [5, 5.41) is 0. The molecule has 1 fully saturated rings. The van der Waals surface area contributed by atoms with Crippen molar-refractivity contribution in [2.24, 2.45) is 7.05 Å². The molecule has 0 bridgehead atoms. The summed E-state index contributed by atoms with van der Waals surface area (Å²) < 4.78 is 27.6. The first kappa shape index (κ1) is 14.3. The van der Waals surface area contributed by atoms with E-state index in [2.05, 4.69) is 19.2 Å².